The molecule has 1 atom stereocenters. The fourth-order valence-electron chi connectivity index (χ4n) is 1.13. The van der Waals surface area contributed by atoms with Gasteiger partial charge in [0, 0.05) is 13.1 Å². The van der Waals surface area contributed by atoms with Gasteiger partial charge in [-0.15, -0.1) is 0 Å². The molecule has 1 nitrogen and oxygen atoms in total. The van der Waals surface area contributed by atoms with Crippen LogP contribution in [0.1, 0.15) is 6.92 Å². The minimum absolute atomic E-state index is 0.180. The van der Waals surface area contributed by atoms with Crippen LogP contribution in [0.15, 0.2) is 0 Å². The first-order valence-electron chi connectivity index (χ1n) is 3.55. The molecule has 0 aromatic carbocycles. The molecule has 1 heterocycles. The van der Waals surface area contributed by atoms with Crippen molar-refractivity contribution in [2.45, 2.75) is 19.1 Å². The van der Waals surface area contributed by atoms with E-state index < -0.39 is 12.2 Å². The van der Waals surface area contributed by atoms with Gasteiger partial charge in [0.25, 0.3) is 0 Å². The number of rotatable bonds is 1. The summed E-state index contributed by atoms with van der Waals surface area (Å²) < 4.78 is 36.0. The molecule has 65 valence electrons. The molecule has 1 aliphatic heterocycles. The number of nitrogens with zero attached hydrogens (tertiary/aromatic N) is 1. The van der Waals surface area contributed by atoms with Gasteiger partial charge in [0.2, 0.25) is 0 Å². The predicted octanol–water partition coefficient (Wildman–Crippen LogP) is 1.70. The Labute approximate surface area is 64.2 Å². The second-order valence-electron chi connectivity index (χ2n) is 3.04. The lowest BCUT2D eigenvalue weighted by atomic mass is 10.0. The van der Waals surface area contributed by atoms with E-state index in [1.807, 2.05) is 0 Å². The number of alkyl halides is 3. The van der Waals surface area contributed by atoms with E-state index in [-0.39, 0.29) is 5.92 Å². The molecule has 0 amide bonds. The van der Waals surface area contributed by atoms with E-state index in [2.05, 4.69) is 6.92 Å². The summed E-state index contributed by atoms with van der Waals surface area (Å²) in [7, 11) is 0. The first-order chi connectivity index (χ1) is 4.91. The minimum atomic E-state index is -4.08. The highest BCUT2D eigenvalue weighted by Crippen LogP contribution is 2.29. The van der Waals surface area contributed by atoms with E-state index in [0.29, 0.717) is 13.1 Å². The lowest BCUT2D eigenvalue weighted by Crippen LogP contribution is -2.55. The van der Waals surface area contributed by atoms with Gasteiger partial charge in [0.1, 0.15) is 6.04 Å². The molecule has 0 aromatic heterocycles. The van der Waals surface area contributed by atoms with Crippen molar-refractivity contribution in [3.63, 3.8) is 0 Å². The Kier molecular flexibility index (Phi) is 2.14. The van der Waals surface area contributed by atoms with Crippen molar-refractivity contribution in [1.29, 1.82) is 0 Å². The van der Waals surface area contributed by atoms with Crippen LogP contribution in [0.25, 0.3) is 0 Å². The van der Waals surface area contributed by atoms with Crippen molar-refractivity contribution >= 4 is 0 Å². The smallest absolute Gasteiger partial charge is 0.292 e. The third-order valence-electron chi connectivity index (χ3n) is 2.01. The summed E-state index contributed by atoms with van der Waals surface area (Å²) in [6.07, 6.45) is -4.08. The lowest BCUT2D eigenvalue weighted by molar-refractivity contribution is -0.191. The van der Waals surface area contributed by atoms with Crippen LogP contribution in [0.5, 0.6) is 0 Å². The molecule has 1 radical (unpaired) electrons. The van der Waals surface area contributed by atoms with Crippen LogP contribution >= 0.6 is 0 Å². The molecule has 0 spiro atoms. The molecule has 0 aromatic rings. The van der Waals surface area contributed by atoms with Gasteiger partial charge in [-0.25, -0.2) is 0 Å². The van der Waals surface area contributed by atoms with Gasteiger partial charge in [0.05, 0.1) is 0 Å². The maximum atomic E-state index is 12.0. The highest BCUT2D eigenvalue weighted by Gasteiger charge is 2.43. The Morgan fingerprint density at radius 2 is 1.91 bits per heavy atom. The predicted molar refractivity (Wildman–Crippen MR) is 35.9 cm³/mol. The normalized spacial score (nSPS) is 24.8. The van der Waals surface area contributed by atoms with Crippen LogP contribution in [0, 0.1) is 12.8 Å². The average molecular weight is 166 g/mol. The van der Waals surface area contributed by atoms with Gasteiger partial charge >= 0.3 is 6.18 Å². The molecule has 4 heteroatoms. The second kappa shape index (κ2) is 2.66. The monoisotopic (exact) mass is 166 g/mol. The number of hydrogen-bond donors (Lipinski definition) is 0. The van der Waals surface area contributed by atoms with E-state index in [0.717, 1.165) is 0 Å². The van der Waals surface area contributed by atoms with Crippen molar-refractivity contribution in [2.24, 2.45) is 5.92 Å². The highest BCUT2D eigenvalue weighted by atomic mass is 19.4. The van der Waals surface area contributed by atoms with Crippen LogP contribution in [0.2, 0.25) is 0 Å². The van der Waals surface area contributed by atoms with E-state index in [9.17, 15) is 13.2 Å². The maximum Gasteiger partial charge on any atom is 0.403 e. The van der Waals surface area contributed by atoms with Gasteiger partial charge < -0.3 is 0 Å². The minimum Gasteiger partial charge on any atom is -0.292 e. The molecular weight excluding hydrogens is 155 g/mol. The Hall–Kier alpha value is -0.250. The fourth-order valence-corrected chi connectivity index (χ4v) is 1.13. The number of likely N-dealkylation sites (tertiary alicyclic amines) is 1. The summed E-state index contributed by atoms with van der Waals surface area (Å²) >= 11 is 0. The summed E-state index contributed by atoms with van der Waals surface area (Å²) in [6.45, 7) is 5.78. The van der Waals surface area contributed by atoms with Crippen LogP contribution in [-0.2, 0) is 0 Å². The van der Waals surface area contributed by atoms with Crippen molar-refractivity contribution in [3.05, 3.63) is 6.92 Å². The molecule has 1 fully saturated rings. The number of halogens is 3. The largest absolute Gasteiger partial charge is 0.403 e. The van der Waals surface area contributed by atoms with Crippen LogP contribution < -0.4 is 0 Å². The van der Waals surface area contributed by atoms with Gasteiger partial charge in [-0.05, 0) is 19.8 Å². The van der Waals surface area contributed by atoms with Crippen molar-refractivity contribution < 1.29 is 13.2 Å². The topological polar surface area (TPSA) is 3.24 Å². The van der Waals surface area contributed by atoms with E-state index in [1.54, 1.807) is 0 Å². The summed E-state index contributed by atoms with van der Waals surface area (Å²) in [4.78, 5) is 1.39. The summed E-state index contributed by atoms with van der Waals surface area (Å²) in [6, 6.07) is -1.31. The third-order valence-corrected chi connectivity index (χ3v) is 2.01. The number of hydrogen-bond acceptors (Lipinski definition) is 1. The van der Waals surface area contributed by atoms with Crippen LogP contribution in [0.4, 0.5) is 13.2 Å². The van der Waals surface area contributed by atoms with Gasteiger partial charge in [-0.2, -0.15) is 13.2 Å². The molecule has 0 N–H and O–H groups in total. The molecule has 0 saturated carbocycles. The molecule has 1 rings (SSSR count). The Bertz CT molecular complexity index is 137. The SMILES string of the molecule is [CH2]C1CN(C(C)C(F)(F)F)C1. The van der Waals surface area contributed by atoms with Crippen molar-refractivity contribution in [3.8, 4) is 0 Å². The second-order valence-corrected chi connectivity index (χ2v) is 3.04. The molecule has 1 saturated heterocycles. The Morgan fingerprint density at radius 1 is 1.45 bits per heavy atom. The molecule has 0 bridgehead atoms. The average Bonchev–Trinajstić information content (AvgIpc) is 1.77. The van der Waals surface area contributed by atoms with Gasteiger partial charge in [-0.3, -0.25) is 4.90 Å². The maximum absolute atomic E-state index is 12.0. The standard InChI is InChI=1S/C7H11F3N/c1-5-3-11(4-5)6(2)7(8,9)10/h5-6H,1,3-4H2,2H3. The fraction of sp³-hybridized carbons (Fsp3) is 0.857. The Morgan fingerprint density at radius 3 is 2.18 bits per heavy atom. The molecular formula is C7H11F3N. The zero-order valence-electron chi connectivity index (χ0n) is 6.36. The molecule has 1 aliphatic rings. The highest BCUT2D eigenvalue weighted by molar-refractivity contribution is 4.87. The summed E-state index contributed by atoms with van der Waals surface area (Å²) in [5.74, 6) is 0.180. The molecule has 0 aliphatic carbocycles. The van der Waals surface area contributed by atoms with E-state index in [1.165, 1.54) is 11.8 Å². The molecule has 1 unspecified atom stereocenters. The van der Waals surface area contributed by atoms with Crippen molar-refractivity contribution in [1.82, 2.24) is 4.90 Å². The van der Waals surface area contributed by atoms with Crippen LogP contribution in [-0.4, -0.2) is 30.2 Å². The lowest BCUT2D eigenvalue weighted by Gasteiger charge is -2.41. The molecule has 11 heavy (non-hydrogen) atoms. The third kappa shape index (κ3) is 1.86. The van der Waals surface area contributed by atoms with E-state index in [4.69, 9.17) is 0 Å². The Balaban J connectivity index is 2.38. The zero-order valence-corrected chi connectivity index (χ0v) is 6.36. The summed E-state index contributed by atoms with van der Waals surface area (Å²) in [5.41, 5.74) is 0. The summed E-state index contributed by atoms with van der Waals surface area (Å²) in [5, 5.41) is 0. The first-order valence-corrected chi connectivity index (χ1v) is 3.55. The van der Waals surface area contributed by atoms with Crippen LogP contribution in [0.3, 0.4) is 0 Å². The quantitative estimate of drug-likeness (QED) is 0.573. The van der Waals surface area contributed by atoms with E-state index >= 15 is 0 Å². The first kappa shape index (κ1) is 8.84. The zero-order chi connectivity index (χ0) is 8.65. The van der Waals surface area contributed by atoms with Gasteiger partial charge in [-0.1, -0.05) is 0 Å². The van der Waals surface area contributed by atoms with Gasteiger partial charge in [0.15, 0.2) is 0 Å². The van der Waals surface area contributed by atoms with Crippen molar-refractivity contribution in [2.75, 3.05) is 13.1 Å².